The van der Waals surface area contributed by atoms with E-state index in [2.05, 4.69) is 14.9 Å². The molecule has 0 unspecified atom stereocenters. The van der Waals surface area contributed by atoms with Crippen molar-refractivity contribution in [2.24, 2.45) is 0 Å². The summed E-state index contributed by atoms with van der Waals surface area (Å²) >= 11 is 0. The second-order valence-electron chi connectivity index (χ2n) is 5.58. The van der Waals surface area contributed by atoms with E-state index in [1.165, 1.54) is 6.07 Å². The van der Waals surface area contributed by atoms with Crippen LogP contribution in [0.25, 0.3) is 0 Å². The molecular weight excluding hydrogens is 307 g/mol. The SMILES string of the molecule is Cc1cccc(CN2CC(Oc3ccnc(C(F)(F)F)c3)C2)n1. The van der Waals surface area contributed by atoms with Crippen molar-refractivity contribution in [3.05, 3.63) is 53.6 Å². The minimum atomic E-state index is -4.46. The van der Waals surface area contributed by atoms with Crippen LogP contribution in [0.1, 0.15) is 17.1 Å². The van der Waals surface area contributed by atoms with Gasteiger partial charge in [0.15, 0.2) is 0 Å². The average Bonchev–Trinajstić information content (AvgIpc) is 2.44. The van der Waals surface area contributed by atoms with E-state index in [9.17, 15) is 13.2 Å². The lowest BCUT2D eigenvalue weighted by molar-refractivity contribution is -0.141. The average molecular weight is 323 g/mol. The summed E-state index contributed by atoms with van der Waals surface area (Å²) < 4.78 is 43.4. The van der Waals surface area contributed by atoms with Crippen LogP contribution in [-0.4, -0.2) is 34.1 Å². The van der Waals surface area contributed by atoms with Crippen LogP contribution in [0.2, 0.25) is 0 Å². The number of nitrogens with zero attached hydrogens (tertiary/aromatic N) is 3. The van der Waals surface area contributed by atoms with Crippen molar-refractivity contribution in [2.45, 2.75) is 25.7 Å². The number of alkyl halides is 3. The summed E-state index contributed by atoms with van der Waals surface area (Å²) in [7, 11) is 0. The second kappa shape index (κ2) is 6.16. The molecule has 0 radical (unpaired) electrons. The molecule has 0 N–H and O–H groups in total. The smallest absolute Gasteiger partial charge is 0.433 e. The maximum Gasteiger partial charge on any atom is 0.433 e. The lowest BCUT2D eigenvalue weighted by Crippen LogP contribution is -2.53. The van der Waals surface area contributed by atoms with E-state index in [1.54, 1.807) is 0 Å². The van der Waals surface area contributed by atoms with Crippen LogP contribution in [0.4, 0.5) is 13.2 Å². The van der Waals surface area contributed by atoms with Crippen LogP contribution >= 0.6 is 0 Å². The van der Waals surface area contributed by atoms with Gasteiger partial charge < -0.3 is 4.74 Å². The number of pyridine rings is 2. The molecule has 3 heterocycles. The number of ether oxygens (including phenoxy) is 1. The summed E-state index contributed by atoms with van der Waals surface area (Å²) in [5, 5.41) is 0. The number of hydrogen-bond donors (Lipinski definition) is 0. The molecule has 0 aromatic carbocycles. The van der Waals surface area contributed by atoms with Gasteiger partial charge >= 0.3 is 6.18 Å². The highest BCUT2D eigenvalue weighted by Crippen LogP contribution is 2.30. The first-order chi connectivity index (χ1) is 10.9. The monoisotopic (exact) mass is 323 g/mol. The number of halogens is 3. The predicted octanol–water partition coefficient (Wildman–Crippen LogP) is 3.07. The van der Waals surface area contributed by atoms with Gasteiger partial charge in [0.25, 0.3) is 0 Å². The van der Waals surface area contributed by atoms with Crippen molar-refractivity contribution in [2.75, 3.05) is 13.1 Å². The van der Waals surface area contributed by atoms with E-state index in [0.717, 1.165) is 23.7 Å². The highest BCUT2D eigenvalue weighted by molar-refractivity contribution is 5.24. The molecule has 3 rings (SSSR count). The molecule has 0 atom stereocenters. The van der Waals surface area contributed by atoms with Crippen LogP contribution in [0.3, 0.4) is 0 Å². The second-order valence-corrected chi connectivity index (χ2v) is 5.58. The maximum atomic E-state index is 12.6. The first-order valence-corrected chi connectivity index (χ1v) is 7.25. The van der Waals surface area contributed by atoms with E-state index in [0.29, 0.717) is 19.6 Å². The summed E-state index contributed by atoms with van der Waals surface area (Å²) in [6.45, 7) is 3.98. The summed E-state index contributed by atoms with van der Waals surface area (Å²) in [6.07, 6.45) is -3.45. The zero-order valence-corrected chi connectivity index (χ0v) is 12.5. The van der Waals surface area contributed by atoms with Crippen molar-refractivity contribution >= 4 is 0 Å². The van der Waals surface area contributed by atoms with E-state index in [1.807, 2.05) is 25.1 Å². The van der Waals surface area contributed by atoms with Crippen molar-refractivity contribution in [1.29, 1.82) is 0 Å². The third kappa shape index (κ3) is 3.98. The Kier molecular flexibility index (Phi) is 4.21. The summed E-state index contributed by atoms with van der Waals surface area (Å²) in [5.74, 6) is 0.200. The minimum absolute atomic E-state index is 0.108. The van der Waals surface area contributed by atoms with Gasteiger partial charge in [0.2, 0.25) is 0 Å². The fourth-order valence-corrected chi connectivity index (χ4v) is 2.47. The van der Waals surface area contributed by atoms with Crippen molar-refractivity contribution in [3.8, 4) is 5.75 Å². The number of rotatable bonds is 4. The number of hydrogen-bond acceptors (Lipinski definition) is 4. The molecule has 0 aliphatic carbocycles. The fourth-order valence-electron chi connectivity index (χ4n) is 2.47. The Morgan fingerprint density at radius 2 is 2.04 bits per heavy atom. The third-order valence-electron chi connectivity index (χ3n) is 3.58. The number of aryl methyl sites for hydroxylation is 1. The van der Waals surface area contributed by atoms with Gasteiger partial charge in [-0.2, -0.15) is 13.2 Å². The zero-order chi connectivity index (χ0) is 16.4. The van der Waals surface area contributed by atoms with Gasteiger partial charge in [-0.3, -0.25) is 14.9 Å². The molecule has 4 nitrogen and oxygen atoms in total. The molecule has 2 aromatic heterocycles. The Morgan fingerprint density at radius 3 is 2.74 bits per heavy atom. The van der Waals surface area contributed by atoms with Gasteiger partial charge in [0.05, 0.1) is 5.69 Å². The molecule has 7 heteroatoms. The maximum absolute atomic E-state index is 12.6. The number of likely N-dealkylation sites (tertiary alicyclic amines) is 1. The van der Waals surface area contributed by atoms with E-state index in [-0.39, 0.29) is 11.9 Å². The lowest BCUT2D eigenvalue weighted by Gasteiger charge is -2.38. The Labute approximate surface area is 131 Å². The molecule has 0 spiro atoms. The van der Waals surface area contributed by atoms with Gasteiger partial charge in [-0.15, -0.1) is 0 Å². The van der Waals surface area contributed by atoms with Crippen molar-refractivity contribution in [1.82, 2.24) is 14.9 Å². The Balaban J connectivity index is 1.52. The first-order valence-electron chi connectivity index (χ1n) is 7.25. The van der Waals surface area contributed by atoms with E-state index >= 15 is 0 Å². The predicted molar refractivity (Wildman–Crippen MR) is 77.9 cm³/mol. The third-order valence-corrected chi connectivity index (χ3v) is 3.58. The Hall–Kier alpha value is -2.15. The van der Waals surface area contributed by atoms with Crippen LogP contribution in [0, 0.1) is 6.92 Å². The van der Waals surface area contributed by atoms with Crippen molar-refractivity contribution in [3.63, 3.8) is 0 Å². The van der Waals surface area contributed by atoms with Crippen LogP contribution in [0.5, 0.6) is 5.75 Å². The molecule has 23 heavy (non-hydrogen) atoms. The summed E-state index contributed by atoms with van der Waals surface area (Å²) in [6, 6.07) is 8.23. The summed E-state index contributed by atoms with van der Waals surface area (Å²) in [4.78, 5) is 9.88. The minimum Gasteiger partial charge on any atom is -0.488 e. The van der Waals surface area contributed by atoms with Gasteiger partial charge in [-0.25, -0.2) is 0 Å². The molecule has 1 aliphatic heterocycles. The van der Waals surface area contributed by atoms with Gasteiger partial charge in [0, 0.05) is 37.6 Å². The molecule has 0 saturated carbocycles. The molecule has 2 aromatic rings. The fraction of sp³-hybridized carbons (Fsp3) is 0.375. The molecule has 0 bridgehead atoms. The molecule has 1 aliphatic rings. The van der Waals surface area contributed by atoms with Crippen LogP contribution in [-0.2, 0) is 12.7 Å². The van der Waals surface area contributed by atoms with E-state index < -0.39 is 11.9 Å². The van der Waals surface area contributed by atoms with Crippen molar-refractivity contribution < 1.29 is 17.9 Å². The molecule has 1 saturated heterocycles. The lowest BCUT2D eigenvalue weighted by atomic mass is 10.1. The quantitative estimate of drug-likeness (QED) is 0.867. The van der Waals surface area contributed by atoms with Gasteiger partial charge in [0.1, 0.15) is 17.5 Å². The zero-order valence-electron chi connectivity index (χ0n) is 12.5. The largest absolute Gasteiger partial charge is 0.488 e. The highest BCUT2D eigenvalue weighted by Gasteiger charge is 2.33. The topological polar surface area (TPSA) is 38.2 Å². The normalized spacial score (nSPS) is 16.2. The van der Waals surface area contributed by atoms with E-state index in [4.69, 9.17) is 4.74 Å². The van der Waals surface area contributed by atoms with Crippen LogP contribution < -0.4 is 4.74 Å². The highest BCUT2D eigenvalue weighted by atomic mass is 19.4. The standard InChI is InChI=1S/C16H16F3N3O/c1-11-3-2-4-12(21-11)8-22-9-14(10-22)23-13-5-6-20-15(7-13)16(17,18)19/h2-7,14H,8-10H2,1H3. The Bertz CT molecular complexity index is 684. The van der Waals surface area contributed by atoms with Crippen LogP contribution in [0.15, 0.2) is 36.5 Å². The Morgan fingerprint density at radius 1 is 1.26 bits per heavy atom. The molecule has 122 valence electrons. The first kappa shape index (κ1) is 15.7. The molecule has 0 amide bonds. The number of aromatic nitrogens is 2. The van der Waals surface area contributed by atoms with Gasteiger partial charge in [-0.1, -0.05) is 6.07 Å². The van der Waals surface area contributed by atoms with Gasteiger partial charge in [-0.05, 0) is 25.1 Å². The summed E-state index contributed by atoms with van der Waals surface area (Å²) in [5.41, 5.74) is 1.01. The molecular formula is C16H16F3N3O. The molecule has 1 fully saturated rings.